The fraction of sp³-hybridized carbons (Fsp3) is 1.00. The van der Waals surface area contributed by atoms with Crippen molar-refractivity contribution in [2.75, 3.05) is 17.3 Å². The molecule has 1 unspecified atom stereocenters. The topological polar surface area (TPSA) is 0 Å². The van der Waals surface area contributed by atoms with E-state index in [1.165, 1.54) is 6.42 Å². The minimum atomic E-state index is 0.396. The molecule has 0 spiro atoms. The molecule has 1 atom stereocenters. The maximum absolute atomic E-state index is 4.26. The van der Waals surface area contributed by atoms with Crippen LogP contribution in [0.4, 0.5) is 0 Å². The Hall–Kier alpha value is 1.40. The van der Waals surface area contributed by atoms with Crippen LogP contribution in [0.3, 0.4) is 0 Å². The molecule has 0 saturated heterocycles. The quantitative estimate of drug-likeness (QED) is 0.347. The average molecular weight is 200 g/mol. The van der Waals surface area contributed by atoms with Gasteiger partial charge in [0.25, 0.3) is 0 Å². The minimum absolute atomic E-state index is 0.396. The van der Waals surface area contributed by atoms with E-state index in [1.54, 1.807) is 0 Å². The van der Waals surface area contributed by atoms with Gasteiger partial charge in [0.15, 0.2) is 0 Å². The molecule has 0 aliphatic rings. The number of thiol groups is 3. The molecule has 0 nitrogen and oxygen atoms in total. The Morgan fingerprint density at radius 1 is 1.33 bits per heavy atom. The van der Waals surface area contributed by atoms with Gasteiger partial charge in [0, 0.05) is 5.75 Å². The van der Waals surface area contributed by atoms with E-state index in [2.05, 4.69) is 37.9 Å². The Morgan fingerprint density at radius 2 is 2.00 bits per heavy atom. The van der Waals surface area contributed by atoms with Crippen LogP contribution in [-0.4, -0.2) is 21.8 Å². The summed E-state index contributed by atoms with van der Waals surface area (Å²) in [4.78, 5) is 0. The van der Waals surface area contributed by atoms with E-state index in [4.69, 9.17) is 0 Å². The van der Waals surface area contributed by atoms with Gasteiger partial charge in [-0.05, 0) is 17.9 Å². The van der Waals surface area contributed by atoms with Crippen LogP contribution >= 0.6 is 49.6 Å². The van der Waals surface area contributed by atoms with E-state index in [9.17, 15) is 0 Å². The highest BCUT2D eigenvalue weighted by Gasteiger charge is 1.97. The number of hydrogen-bond donors (Lipinski definition) is 3. The van der Waals surface area contributed by atoms with Crippen molar-refractivity contribution in [2.45, 2.75) is 11.0 Å². The van der Waals surface area contributed by atoms with Gasteiger partial charge >= 0.3 is 0 Å². The second-order valence-corrected chi connectivity index (χ2v) is 4.68. The summed E-state index contributed by atoms with van der Waals surface area (Å²) >= 11 is 14.3. The number of thioether (sulfide) groups is 1. The lowest BCUT2D eigenvalue weighted by atomic mass is 10.6. The summed E-state index contributed by atoms with van der Waals surface area (Å²) in [6.45, 7) is 0. The van der Waals surface area contributed by atoms with Crippen LogP contribution in [0.5, 0.6) is 0 Å². The van der Waals surface area contributed by atoms with Gasteiger partial charge in [-0.25, -0.2) is 0 Å². The molecule has 0 heterocycles. The standard InChI is InChI=1S/C5H12S4/c6-2-1-3-9-5(8)4-7/h5-8H,1-4H2. The average Bonchev–Trinajstić information content (AvgIpc) is 1.89. The molecular weight excluding hydrogens is 188 g/mol. The van der Waals surface area contributed by atoms with E-state index in [0.717, 1.165) is 17.3 Å². The molecule has 0 rings (SSSR count). The van der Waals surface area contributed by atoms with Gasteiger partial charge in [0.1, 0.15) is 0 Å². The van der Waals surface area contributed by atoms with Crippen molar-refractivity contribution in [1.29, 1.82) is 0 Å². The number of hydrogen-bond acceptors (Lipinski definition) is 4. The van der Waals surface area contributed by atoms with Gasteiger partial charge in [-0.3, -0.25) is 0 Å². The van der Waals surface area contributed by atoms with E-state index in [1.807, 2.05) is 11.8 Å². The zero-order valence-corrected chi connectivity index (χ0v) is 8.66. The largest absolute Gasteiger partial charge is 0.179 e. The summed E-state index contributed by atoms with van der Waals surface area (Å²) < 4.78 is 0.396. The first-order valence-electron chi connectivity index (χ1n) is 2.82. The second-order valence-electron chi connectivity index (χ2n) is 1.59. The predicted octanol–water partition coefficient (Wildman–Crippen LogP) is 2.23. The van der Waals surface area contributed by atoms with Crippen LogP contribution in [-0.2, 0) is 0 Å². The molecule has 0 fully saturated rings. The molecule has 0 aliphatic carbocycles. The molecule has 0 aromatic rings. The summed E-state index contributed by atoms with van der Waals surface area (Å²) in [5.74, 6) is 2.97. The SMILES string of the molecule is SCCCSC(S)CS. The van der Waals surface area contributed by atoms with E-state index in [-0.39, 0.29) is 0 Å². The zero-order chi connectivity index (χ0) is 7.11. The van der Waals surface area contributed by atoms with Gasteiger partial charge in [-0.15, -0.1) is 11.8 Å². The van der Waals surface area contributed by atoms with Crippen molar-refractivity contribution in [2.24, 2.45) is 0 Å². The molecule has 4 heteroatoms. The fourth-order valence-electron chi connectivity index (χ4n) is 0.337. The van der Waals surface area contributed by atoms with Crippen LogP contribution in [0.2, 0.25) is 0 Å². The zero-order valence-electron chi connectivity index (χ0n) is 5.16. The van der Waals surface area contributed by atoms with Crippen LogP contribution in [0.25, 0.3) is 0 Å². The van der Waals surface area contributed by atoms with Gasteiger partial charge in [0.05, 0.1) is 4.58 Å². The fourth-order valence-corrected chi connectivity index (χ4v) is 2.03. The third-order valence-corrected chi connectivity index (χ3v) is 3.69. The number of rotatable bonds is 5. The van der Waals surface area contributed by atoms with Crippen LogP contribution in [0.1, 0.15) is 6.42 Å². The van der Waals surface area contributed by atoms with Gasteiger partial charge in [-0.1, -0.05) is 0 Å². The third-order valence-electron chi connectivity index (χ3n) is 0.769. The van der Waals surface area contributed by atoms with Crippen LogP contribution in [0.15, 0.2) is 0 Å². The third kappa shape index (κ3) is 7.30. The van der Waals surface area contributed by atoms with Crippen molar-refractivity contribution in [1.82, 2.24) is 0 Å². The molecule has 0 aromatic carbocycles. The molecule has 0 aliphatic heterocycles. The summed E-state index contributed by atoms with van der Waals surface area (Å²) in [5.41, 5.74) is 0. The molecule has 0 aromatic heterocycles. The van der Waals surface area contributed by atoms with Crippen LogP contribution < -0.4 is 0 Å². The maximum atomic E-state index is 4.26. The first-order valence-corrected chi connectivity index (χ1v) is 5.65. The first-order chi connectivity index (χ1) is 4.31. The van der Waals surface area contributed by atoms with Crippen molar-refractivity contribution in [3.05, 3.63) is 0 Å². The lowest BCUT2D eigenvalue weighted by Crippen LogP contribution is -1.95. The Morgan fingerprint density at radius 3 is 2.44 bits per heavy atom. The summed E-state index contributed by atoms with van der Waals surface area (Å²) in [5, 5.41) is 0. The van der Waals surface area contributed by atoms with Crippen molar-refractivity contribution >= 4 is 49.6 Å². The molecule has 9 heavy (non-hydrogen) atoms. The first kappa shape index (κ1) is 10.4. The lowest BCUT2D eigenvalue weighted by molar-refractivity contribution is 1.13. The van der Waals surface area contributed by atoms with E-state index >= 15 is 0 Å². The summed E-state index contributed by atoms with van der Waals surface area (Å²) in [7, 11) is 0. The second kappa shape index (κ2) is 7.51. The Kier molecular flexibility index (Phi) is 8.67. The summed E-state index contributed by atoms with van der Waals surface area (Å²) in [6, 6.07) is 0. The van der Waals surface area contributed by atoms with Crippen LogP contribution in [0, 0.1) is 0 Å². The lowest BCUT2D eigenvalue weighted by Gasteiger charge is -2.04. The highest BCUT2D eigenvalue weighted by molar-refractivity contribution is 8.11. The van der Waals surface area contributed by atoms with Gasteiger partial charge in [-0.2, -0.15) is 37.9 Å². The smallest absolute Gasteiger partial charge is 0.0560 e. The normalized spacial score (nSPS) is 13.7. The highest BCUT2D eigenvalue weighted by atomic mass is 32.2. The van der Waals surface area contributed by atoms with E-state index < -0.39 is 0 Å². The van der Waals surface area contributed by atoms with Crippen molar-refractivity contribution < 1.29 is 0 Å². The maximum Gasteiger partial charge on any atom is 0.0560 e. The highest BCUT2D eigenvalue weighted by Crippen LogP contribution is 2.16. The minimum Gasteiger partial charge on any atom is -0.179 e. The van der Waals surface area contributed by atoms with Crippen molar-refractivity contribution in [3.63, 3.8) is 0 Å². The molecule has 0 saturated carbocycles. The molecule has 56 valence electrons. The molecule has 0 amide bonds. The molecule has 0 N–H and O–H groups in total. The van der Waals surface area contributed by atoms with E-state index in [0.29, 0.717) is 4.58 Å². The molecule has 0 bridgehead atoms. The van der Waals surface area contributed by atoms with Crippen molar-refractivity contribution in [3.8, 4) is 0 Å². The predicted molar refractivity (Wildman–Crippen MR) is 57.6 cm³/mol. The van der Waals surface area contributed by atoms with Gasteiger partial charge < -0.3 is 0 Å². The molecular formula is C5H12S4. The summed E-state index contributed by atoms with van der Waals surface area (Å²) in [6.07, 6.45) is 1.17. The Labute approximate surface area is 77.8 Å². The molecule has 0 radical (unpaired) electrons. The Balaban J connectivity index is 2.88. The van der Waals surface area contributed by atoms with Gasteiger partial charge in [0.2, 0.25) is 0 Å². The Bertz CT molecular complexity index is 56.9. The monoisotopic (exact) mass is 200 g/mol.